The second-order valence-electron chi connectivity index (χ2n) is 6.46. The van der Waals surface area contributed by atoms with E-state index in [4.69, 9.17) is 9.47 Å². The van der Waals surface area contributed by atoms with Crippen molar-refractivity contribution in [1.82, 2.24) is 5.32 Å². The van der Waals surface area contributed by atoms with Crippen LogP contribution in [-0.2, 0) is 14.3 Å². The molecule has 116 valence electrons. The maximum absolute atomic E-state index is 12.3. The normalized spacial score (nSPS) is 29.8. The number of carbonyl (C=O) groups excluding carboxylic acids is 1. The molecule has 0 saturated heterocycles. The van der Waals surface area contributed by atoms with Gasteiger partial charge >= 0.3 is 5.97 Å². The van der Waals surface area contributed by atoms with Gasteiger partial charge in [-0.05, 0) is 56.9 Å². The molecule has 0 bridgehead atoms. The lowest BCUT2D eigenvalue weighted by Crippen LogP contribution is -2.58. The molecule has 1 unspecified atom stereocenters. The summed E-state index contributed by atoms with van der Waals surface area (Å²) in [7, 11) is 1.47. The number of hydrogen-bond donors (Lipinski definition) is 1. The van der Waals surface area contributed by atoms with Gasteiger partial charge in [0.15, 0.2) is 0 Å². The zero-order valence-electron chi connectivity index (χ0n) is 13.1. The van der Waals surface area contributed by atoms with Gasteiger partial charge in [0.25, 0.3) is 0 Å². The largest absolute Gasteiger partial charge is 0.468 e. The summed E-state index contributed by atoms with van der Waals surface area (Å²) in [4.78, 5) is 12.3. The van der Waals surface area contributed by atoms with Crippen LogP contribution in [-0.4, -0.2) is 37.9 Å². The molecule has 2 fully saturated rings. The van der Waals surface area contributed by atoms with E-state index < -0.39 is 5.54 Å². The van der Waals surface area contributed by atoms with Crippen LogP contribution in [0.15, 0.2) is 0 Å². The highest BCUT2D eigenvalue weighted by Gasteiger charge is 2.52. The van der Waals surface area contributed by atoms with Crippen molar-refractivity contribution in [2.75, 3.05) is 20.3 Å². The lowest BCUT2D eigenvalue weighted by molar-refractivity contribution is -0.154. The van der Waals surface area contributed by atoms with E-state index >= 15 is 0 Å². The fourth-order valence-corrected chi connectivity index (χ4v) is 3.33. The van der Waals surface area contributed by atoms with Crippen molar-refractivity contribution in [1.29, 1.82) is 0 Å². The van der Waals surface area contributed by atoms with Crippen molar-refractivity contribution in [3.8, 4) is 0 Å². The molecule has 0 aromatic carbocycles. The van der Waals surface area contributed by atoms with Gasteiger partial charge in [0.1, 0.15) is 5.54 Å². The molecule has 0 spiro atoms. The first-order chi connectivity index (χ1) is 9.62. The molecule has 0 heterocycles. The molecule has 1 N–H and O–H groups in total. The van der Waals surface area contributed by atoms with Crippen molar-refractivity contribution in [3.05, 3.63) is 0 Å². The Morgan fingerprint density at radius 2 is 1.85 bits per heavy atom. The minimum Gasteiger partial charge on any atom is -0.468 e. The molecule has 0 aromatic heterocycles. The second-order valence-corrected chi connectivity index (χ2v) is 6.46. The van der Waals surface area contributed by atoms with Gasteiger partial charge in [-0.25, -0.2) is 4.79 Å². The summed E-state index contributed by atoms with van der Waals surface area (Å²) in [5.41, 5.74) is -0.618. The summed E-state index contributed by atoms with van der Waals surface area (Å²) in [5.74, 6) is 1.03. The molecule has 2 saturated carbocycles. The first-order valence-corrected chi connectivity index (χ1v) is 8.07. The molecular formula is C16H29NO3. The van der Waals surface area contributed by atoms with Crippen LogP contribution < -0.4 is 5.32 Å². The third kappa shape index (κ3) is 3.53. The highest BCUT2D eigenvalue weighted by molar-refractivity contribution is 5.82. The predicted molar refractivity (Wildman–Crippen MR) is 78.5 cm³/mol. The predicted octanol–water partition coefficient (Wildman–Crippen LogP) is 2.51. The van der Waals surface area contributed by atoms with Crippen molar-refractivity contribution in [2.45, 2.75) is 64.0 Å². The van der Waals surface area contributed by atoms with Crippen molar-refractivity contribution < 1.29 is 14.3 Å². The molecule has 2 rings (SSSR count). The maximum Gasteiger partial charge on any atom is 0.328 e. The quantitative estimate of drug-likeness (QED) is 0.729. The van der Waals surface area contributed by atoms with E-state index in [0.717, 1.165) is 38.1 Å². The van der Waals surface area contributed by atoms with Crippen molar-refractivity contribution in [2.24, 2.45) is 11.8 Å². The summed E-state index contributed by atoms with van der Waals surface area (Å²) >= 11 is 0. The summed E-state index contributed by atoms with van der Waals surface area (Å²) in [5, 5.41) is 3.36. The van der Waals surface area contributed by atoms with E-state index in [2.05, 4.69) is 12.2 Å². The number of ether oxygens (including phenoxy) is 2. The summed E-state index contributed by atoms with van der Waals surface area (Å²) in [6.45, 7) is 5.55. The molecule has 0 aliphatic heterocycles. The van der Waals surface area contributed by atoms with Crippen LogP contribution in [0.25, 0.3) is 0 Å². The minimum atomic E-state index is -0.618. The van der Waals surface area contributed by atoms with E-state index in [-0.39, 0.29) is 5.97 Å². The van der Waals surface area contributed by atoms with Gasteiger partial charge in [0.2, 0.25) is 0 Å². The van der Waals surface area contributed by atoms with Crippen LogP contribution in [0.4, 0.5) is 0 Å². The van der Waals surface area contributed by atoms with E-state index in [1.54, 1.807) is 0 Å². The second kappa shape index (κ2) is 6.90. The zero-order chi connectivity index (χ0) is 14.6. The number of hydrogen-bond acceptors (Lipinski definition) is 4. The van der Waals surface area contributed by atoms with Crippen LogP contribution >= 0.6 is 0 Å². The third-order valence-electron chi connectivity index (χ3n) is 4.83. The standard InChI is InChI=1S/C16H29NO3/c1-4-17-16(13-7-8-13,15(18)19-3)11-20-14-9-5-12(2)6-10-14/h12-14,17H,4-11H2,1-3H3. The molecular weight excluding hydrogens is 254 g/mol. The van der Waals surface area contributed by atoms with Gasteiger partial charge in [0.05, 0.1) is 19.8 Å². The molecule has 2 aliphatic carbocycles. The third-order valence-corrected chi connectivity index (χ3v) is 4.83. The maximum atomic E-state index is 12.3. The smallest absolute Gasteiger partial charge is 0.328 e. The summed E-state index contributed by atoms with van der Waals surface area (Å²) in [6.07, 6.45) is 7.21. The Bertz CT molecular complexity index is 322. The van der Waals surface area contributed by atoms with Gasteiger partial charge in [-0.1, -0.05) is 13.8 Å². The van der Waals surface area contributed by atoms with Crippen molar-refractivity contribution >= 4 is 5.97 Å². The monoisotopic (exact) mass is 283 g/mol. The molecule has 0 amide bonds. The average Bonchev–Trinajstić information content (AvgIpc) is 3.29. The van der Waals surface area contributed by atoms with Crippen LogP contribution in [0.1, 0.15) is 52.4 Å². The van der Waals surface area contributed by atoms with E-state index in [1.807, 2.05) is 6.92 Å². The molecule has 4 heteroatoms. The highest BCUT2D eigenvalue weighted by Crippen LogP contribution is 2.41. The number of carbonyl (C=O) groups is 1. The van der Waals surface area contributed by atoms with E-state index in [1.165, 1.54) is 20.0 Å². The SMILES string of the molecule is CCNC(COC1CCC(C)CC1)(C(=O)OC)C1CC1. The first kappa shape index (κ1) is 15.8. The van der Waals surface area contributed by atoms with E-state index in [9.17, 15) is 4.79 Å². The van der Waals surface area contributed by atoms with Crippen LogP contribution in [0.3, 0.4) is 0 Å². The summed E-state index contributed by atoms with van der Waals surface area (Å²) in [6, 6.07) is 0. The molecule has 2 aliphatic rings. The molecule has 0 aromatic rings. The number of likely N-dealkylation sites (N-methyl/N-ethyl adjacent to an activating group) is 1. The Kier molecular flexibility index (Phi) is 5.44. The lowest BCUT2D eigenvalue weighted by atomic mass is 9.88. The number of esters is 1. The molecule has 4 nitrogen and oxygen atoms in total. The first-order valence-electron chi connectivity index (χ1n) is 8.07. The van der Waals surface area contributed by atoms with Crippen LogP contribution in [0, 0.1) is 11.8 Å². The fourth-order valence-electron chi connectivity index (χ4n) is 3.33. The van der Waals surface area contributed by atoms with Gasteiger partial charge in [-0.15, -0.1) is 0 Å². The van der Waals surface area contributed by atoms with E-state index in [0.29, 0.717) is 18.6 Å². The number of methoxy groups -OCH3 is 1. The highest BCUT2D eigenvalue weighted by atomic mass is 16.5. The molecule has 1 atom stereocenters. The van der Waals surface area contributed by atoms with Crippen molar-refractivity contribution in [3.63, 3.8) is 0 Å². The Morgan fingerprint density at radius 1 is 1.20 bits per heavy atom. The van der Waals surface area contributed by atoms with Crippen LogP contribution in [0.2, 0.25) is 0 Å². The Hall–Kier alpha value is -0.610. The minimum absolute atomic E-state index is 0.161. The Morgan fingerprint density at radius 3 is 2.35 bits per heavy atom. The number of rotatable bonds is 7. The van der Waals surface area contributed by atoms with Crippen LogP contribution in [0.5, 0.6) is 0 Å². The average molecular weight is 283 g/mol. The Balaban J connectivity index is 1.94. The Labute approximate surface area is 122 Å². The fraction of sp³-hybridized carbons (Fsp3) is 0.938. The molecule has 0 radical (unpaired) electrons. The molecule has 20 heavy (non-hydrogen) atoms. The zero-order valence-corrected chi connectivity index (χ0v) is 13.1. The number of nitrogens with one attached hydrogen (secondary N) is 1. The summed E-state index contributed by atoms with van der Waals surface area (Å²) < 4.78 is 11.2. The van der Waals surface area contributed by atoms with Gasteiger partial charge < -0.3 is 9.47 Å². The van der Waals surface area contributed by atoms with Gasteiger partial charge in [-0.2, -0.15) is 0 Å². The lowest BCUT2D eigenvalue weighted by Gasteiger charge is -2.35. The van der Waals surface area contributed by atoms with Gasteiger partial charge in [-0.3, -0.25) is 5.32 Å². The topological polar surface area (TPSA) is 47.6 Å². The van der Waals surface area contributed by atoms with Gasteiger partial charge in [0, 0.05) is 0 Å².